The molecule has 0 heterocycles. The van der Waals surface area contributed by atoms with E-state index in [1.165, 1.54) is 76.7 Å². The van der Waals surface area contributed by atoms with Gasteiger partial charge in [-0.25, -0.2) is 4.79 Å². The Labute approximate surface area is 196 Å². The highest BCUT2D eigenvalue weighted by Gasteiger charge is 2.30. The smallest absolute Gasteiger partial charge is 0.330 e. The van der Waals surface area contributed by atoms with E-state index in [0.29, 0.717) is 13.2 Å². The highest BCUT2D eigenvalue weighted by Crippen LogP contribution is 2.39. The lowest BCUT2D eigenvalue weighted by Crippen LogP contribution is -2.26. The van der Waals surface area contributed by atoms with Gasteiger partial charge in [-0.15, -0.1) is 0 Å². The van der Waals surface area contributed by atoms with E-state index in [-0.39, 0.29) is 17.9 Å². The third-order valence-corrected chi connectivity index (χ3v) is 7.72. The molecule has 2 aliphatic rings. The van der Waals surface area contributed by atoms with Crippen molar-refractivity contribution in [3.63, 3.8) is 0 Å². The number of rotatable bonds is 15. The van der Waals surface area contributed by atoms with Gasteiger partial charge in [0.15, 0.2) is 0 Å². The van der Waals surface area contributed by atoms with Crippen LogP contribution in [-0.2, 0) is 19.1 Å². The Morgan fingerprint density at radius 1 is 0.750 bits per heavy atom. The number of carbonyl (C=O) groups excluding carboxylic acids is 2. The molecule has 2 rings (SSSR count). The van der Waals surface area contributed by atoms with E-state index in [9.17, 15) is 9.59 Å². The molecule has 0 aromatic rings. The SMILES string of the molecule is C=CC(=O)OCCCCCCOC(=O)C1CCC(CC2CCC(CCCCC)CC2)CC1. The van der Waals surface area contributed by atoms with Gasteiger partial charge in [-0.1, -0.05) is 64.9 Å². The van der Waals surface area contributed by atoms with Gasteiger partial charge in [0.25, 0.3) is 0 Å². The first-order valence-electron chi connectivity index (χ1n) is 13.6. The van der Waals surface area contributed by atoms with Crippen LogP contribution < -0.4 is 0 Å². The van der Waals surface area contributed by atoms with Crippen molar-refractivity contribution in [2.75, 3.05) is 13.2 Å². The topological polar surface area (TPSA) is 52.6 Å². The molecule has 0 aliphatic heterocycles. The summed E-state index contributed by atoms with van der Waals surface area (Å²) in [5, 5.41) is 0. The number of esters is 2. The molecule has 0 aromatic heterocycles. The number of ether oxygens (including phenoxy) is 2. The van der Waals surface area contributed by atoms with Crippen LogP contribution in [0, 0.1) is 23.7 Å². The summed E-state index contributed by atoms with van der Waals surface area (Å²) in [7, 11) is 0. The fourth-order valence-electron chi connectivity index (χ4n) is 5.62. The summed E-state index contributed by atoms with van der Waals surface area (Å²) in [6.07, 6.45) is 22.2. The Balaban J connectivity index is 1.47. The van der Waals surface area contributed by atoms with Gasteiger partial charge in [0, 0.05) is 6.08 Å². The largest absolute Gasteiger partial charge is 0.465 e. The van der Waals surface area contributed by atoms with Gasteiger partial charge in [0.05, 0.1) is 19.1 Å². The molecule has 2 saturated carbocycles. The number of unbranched alkanes of at least 4 members (excludes halogenated alkanes) is 5. The van der Waals surface area contributed by atoms with Crippen molar-refractivity contribution in [1.29, 1.82) is 0 Å². The molecule has 32 heavy (non-hydrogen) atoms. The van der Waals surface area contributed by atoms with Crippen LogP contribution in [0.1, 0.15) is 116 Å². The van der Waals surface area contributed by atoms with Gasteiger partial charge in [-0.05, 0) is 75.5 Å². The summed E-state index contributed by atoms with van der Waals surface area (Å²) in [6, 6.07) is 0. The minimum Gasteiger partial charge on any atom is -0.465 e. The van der Waals surface area contributed by atoms with E-state index in [0.717, 1.165) is 56.3 Å². The van der Waals surface area contributed by atoms with Crippen LogP contribution in [0.3, 0.4) is 0 Å². The van der Waals surface area contributed by atoms with Gasteiger partial charge in [0.2, 0.25) is 0 Å². The van der Waals surface area contributed by atoms with Crippen molar-refractivity contribution in [1.82, 2.24) is 0 Å². The molecule has 4 heteroatoms. The van der Waals surface area contributed by atoms with Crippen molar-refractivity contribution in [2.24, 2.45) is 23.7 Å². The predicted molar refractivity (Wildman–Crippen MR) is 130 cm³/mol. The maximum Gasteiger partial charge on any atom is 0.330 e. The minimum absolute atomic E-state index is 0.0240. The van der Waals surface area contributed by atoms with Gasteiger partial charge in [-0.2, -0.15) is 0 Å². The van der Waals surface area contributed by atoms with E-state index >= 15 is 0 Å². The summed E-state index contributed by atoms with van der Waals surface area (Å²) in [5.74, 6) is 2.55. The normalized spacial score (nSPS) is 25.8. The van der Waals surface area contributed by atoms with Crippen LogP contribution in [0.15, 0.2) is 12.7 Å². The van der Waals surface area contributed by atoms with Crippen LogP contribution in [-0.4, -0.2) is 25.2 Å². The molecule has 184 valence electrons. The molecule has 0 amide bonds. The molecular formula is C28H48O4. The lowest BCUT2D eigenvalue weighted by Gasteiger charge is -2.33. The van der Waals surface area contributed by atoms with Crippen LogP contribution >= 0.6 is 0 Å². The molecule has 4 nitrogen and oxygen atoms in total. The van der Waals surface area contributed by atoms with Crippen LogP contribution in [0.5, 0.6) is 0 Å². The maximum atomic E-state index is 12.4. The molecule has 2 fully saturated rings. The summed E-state index contributed by atoms with van der Waals surface area (Å²) >= 11 is 0. The molecule has 0 saturated heterocycles. The van der Waals surface area contributed by atoms with Crippen molar-refractivity contribution in [3.8, 4) is 0 Å². The Morgan fingerprint density at radius 2 is 1.31 bits per heavy atom. The molecule has 0 aromatic carbocycles. The first-order chi connectivity index (χ1) is 15.6. The number of hydrogen-bond donors (Lipinski definition) is 0. The average molecular weight is 449 g/mol. The average Bonchev–Trinajstić information content (AvgIpc) is 2.82. The third kappa shape index (κ3) is 11.0. The highest BCUT2D eigenvalue weighted by molar-refractivity contribution is 5.81. The van der Waals surface area contributed by atoms with Crippen molar-refractivity contribution in [2.45, 2.75) is 116 Å². The fourth-order valence-corrected chi connectivity index (χ4v) is 5.62. The second-order valence-electron chi connectivity index (χ2n) is 10.3. The zero-order chi connectivity index (χ0) is 23.0. The third-order valence-electron chi connectivity index (χ3n) is 7.72. The zero-order valence-electron chi connectivity index (χ0n) is 20.7. The maximum absolute atomic E-state index is 12.4. The van der Waals surface area contributed by atoms with E-state index in [2.05, 4.69) is 13.5 Å². The summed E-state index contributed by atoms with van der Waals surface area (Å²) in [5.41, 5.74) is 0. The minimum atomic E-state index is -0.362. The molecule has 0 spiro atoms. The molecular weight excluding hydrogens is 400 g/mol. The van der Waals surface area contributed by atoms with Crippen LogP contribution in [0.25, 0.3) is 0 Å². The monoisotopic (exact) mass is 448 g/mol. The first-order valence-corrected chi connectivity index (χ1v) is 13.6. The lowest BCUT2D eigenvalue weighted by atomic mass is 9.72. The fraction of sp³-hybridized carbons (Fsp3) is 0.857. The second kappa shape index (κ2) is 16.3. The zero-order valence-corrected chi connectivity index (χ0v) is 20.7. The molecule has 0 N–H and O–H groups in total. The molecule has 0 radical (unpaired) electrons. The van der Waals surface area contributed by atoms with Crippen LogP contribution in [0.4, 0.5) is 0 Å². The van der Waals surface area contributed by atoms with Gasteiger partial charge >= 0.3 is 11.9 Å². The first kappa shape index (κ1) is 26.9. The second-order valence-corrected chi connectivity index (χ2v) is 10.3. The molecule has 0 unspecified atom stereocenters. The predicted octanol–water partition coefficient (Wildman–Crippen LogP) is 7.40. The van der Waals surface area contributed by atoms with Crippen molar-refractivity contribution < 1.29 is 19.1 Å². The van der Waals surface area contributed by atoms with E-state index in [1.807, 2.05) is 0 Å². The number of hydrogen-bond acceptors (Lipinski definition) is 4. The highest BCUT2D eigenvalue weighted by atomic mass is 16.5. The van der Waals surface area contributed by atoms with E-state index in [4.69, 9.17) is 9.47 Å². The summed E-state index contributed by atoms with van der Waals surface area (Å²) < 4.78 is 10.5. The van der Waals surface area contributed by atoms with Gasteiger partial charge < -0.3 is 9.47 Å². The van der Waals surface area contributed by atoms with Crippen LogP contribution in [0.2, 0.25) is 0 Å². The molecule has 0 bridgehead atoms. The van der Waals surface area contributed by atoms with E-state index < -0.39 is 0 Å². The van der Waals surface area contributed by atoms with Gasteiger partial charge in [-0.3, -0.25) is 4.79 Å². The quantitative estimate of drug-likeness (QED) is 0.149. The van der Waals surface area contributed by atoms with Crippen molar-refractivity contribution in [3.05, 3.63) is 12.7 Å². The van der Waals surface area contributed by atoms with Gasteiger partial charge in [0.1, 0.15) is 0 Å². The summed E-state index contributed by atoms with van der Waals surface area (Å²) in [4.78, 5) is 23.3. The Bertz CT molecular complexity index is 528. The number of carbonyl (C=O) groups is 2. The Kier molecular flexibility index (Phi) is 13.7. The summed E-state index contributed by atoms with van der Waals surface area (Å²) in [6.45, 7) is 6.63. The lowest BCUT2D eigenvalue weighted by molar-refractivity contribution is -0.150. The molecule has 0 atom stereocenters. The standard InChI is InChI=1S/C28H48O4/c1-3-5-8-11-23-12-14-24(15-13-23)22-25-16-18-26(19-17-25)28(30)32-21-10-7-6-9-20-31-27(29)4-2/h4,23-26H,2-3,5-22H2,1H3. The van der Waals surface area contributed by atoms with E-state index in [1.54, 1.807) is 0 Å². The Morgan fingerprint density at radius 3 is 1.91 bits per heavy atom. The Hall–Kier alpha value is -1.32. The van der Waals surface area contributed by atoms with Crippen molar-refractivity contribution >= 4 is 11.9 Å². The molecule has 2 aliphatic carbocycles.